The molecule has 2 aromatic rings. The van der Waals surface area contributed by atoms with Crippen molar-refractivity contribution in [1.29, 1.82) is 0 Å². The highest BCUT2D eigenvalue weighted by molar-refractivity contribution is 5.94. The molecule has 14 nitrogen and oxygen atoms in total. The van der Waals surface area contributed by atoms with Crippen LogP contribution in [0.1, 0.15) is 18.4 Å². The van der Waals surface area contributed by atoms with Crippen molar-refractivity contribution in [2.75, 3.05) is 13.2 Å². The number of aromatic nitrogens is 1. The Kier molecular flexibility index (Phi) is 10.3. The number of aliphatic carboxylic acids is 1. The molecule has 11 N–H and O–H groups in total. The number of nitrogens with two attached hydrogens (primary N) is 2. The summed E-state index contributed by atoms with van der Waals surface area (Å²) in [5, 5.41) is 35.2. The Bertz CT molecular complexity index is 1100. The van der Waals surface area contributed by atoms with Crippen LogP contribution in [0.3, 0.4) is 0 Å². The van der Waals surface area contributed by atoms with E-state index in [2.05, 4.69) is 15.6 Å². The minimum Gasteiger partial charge on any atom is -0.480 e. The molecule has 2 rings (SSSR count). The number of carbonyl (C=O) groups is 5. The summed E-state index contributed by atoms with van der Waals surface area (Å²) in [6.45, 7) is -1.75. The standard InChI is InChI=1S/C22H30N6O8/c23-13(7-11-8-25-14-4-2-1-3-12(11)14)19(32)27-16(9-29)21(34)26-15(5-6-18(24)31)20(33)28-17(10-30)22(35)36/h1-4,8,13,15-17,25,29-30H,5-7,9-10,23H2,(H2,24,31)(H,26,34)(H,27,32)(H,28,33)(H,35,36). The molecule has 196 valence electrons. The van der Waals surface area contributed by atoms with E-state index >= 15 is 0 Å². The highest BCUT2D eigenvalue weighted by atomic mass is 16.4. The first-order valence-electron chi connectivity index (χ1n) is 11.0. The van der Waals surface area contributed by atoms with Crippen LogP contribution in [0.5, 0.6) is 0 Å². The fourth-order valence-electron chi connectivity index (χ4n) is 3.39. The van der Waals surface area contributed by atoms with E-state index in [1.165, 1.54) is 0 Å². The topological polar surface area (TPSA) is 250 Å². The minimum absolute atomic E-state index is 0.136. The van der Waals surface area contributed by atoms with Gasteiger partial charge in [0.25, 0.3) is 0 Å². The number of carboxylic acids is 1. The molecule has 14 heteroatoms. The molecule has 4 atom stereocenters. The van der Waals surface area contributed by atoms with E-state index in [0.717, 1.165) is 16.5 Å². The lowest BCUT2D eigenvalue weighted by atomic mass is 10.0. The number of para-hydroxylation sites is 1. The van der Waals surface area contributed by atoms with Crippen LogP contribution in [0.4, 0.5) is 0 Å². The molecule has 0 aliphatic heterocycles. The van der Waals surface area contributed by atoms with Gasteiger partial charge in [0.05, 0.1) is 19.3 Å². The van der Waals surface area contributed by atoms with E-state index < -0.39 is 67.0 Å². The molecule has 0 aliphatic carbocycles. The van der Waals surface area contributed by atoms with Crippen LogP contribution in [0, 0.1) is 0 Å². The van der Waals surface area contributed by atoms with Crippen LogP contribution < -0.4 is 27.4 Å². The second-order valence-corrected chi connectivity index (χ2v) is 8.06. The maximum absolute atomic E-state index is 12.7. The van der Waals surface area contributed by atoms with Gasteiger partial charge in [-0.1, -0.05) is 18.2 Å². The highest BCUT2D eigenvalue weighted by Crippen LogP contribution is 2.18. The van der Waals surface area contributed by atoms with Crippen molar-refractivity contribution in [2.24, 2.45) is 11.5 Å². The van der Waals surface area contributed by atoms with Gasteiger partial charge in [-0.25, -0.2) is 4.79 Å². The number of nitrogens with one attached hydrogen (secondary N) is 4. The Morgan fingerprint density at radius 1 is 0.889 bits per heavy atom. The van der Waals surface area contributed by atoms with Crippen molar-refractivity contribution in [3.63, 3.8) is 0 Å². The number of primary amides is 1. The van der Waals surface area contributed by atoms with Crippen LogP contribution in [0.15, 0.2) is 30.5 Å². The van der Waals surface area contributed by atoms with Gasteiger partial charge in [0.15, 0.2) is 0 Å². The monoisotopic (exact) mass is 506 g/mol. The lowest BCUT2D eigenvalue weighted by Crippen LogP contribution is -2.58. The fraction of sp³-hybridized carbons (Fsp3) is 0.409. The second kappa shape index (κ2) is 13.2. The summed E-state index contributed by atoms with van der Waals surface area (Å²) in [5.41, 5.74) is 12.7. The zero-order valence-electron chi connectivity index (χ0n) is 19.3. The number of amides is 4. The fourth-order valence-corrected chi connectivity index (χ4v) is 3.39. The van der Waals surface area contributed by atoms with Crippen LogP contribution in [0.25, 0.3) is 10.9 Å². The van der Waals surface area contributed by atoms with Crippen molar-refractivity contribution >= 4 is 40.5 Å². The molecule has 1 aromatic heterocycles. The average Bonchev–Trinajstić information content (AvgIpc) is 3.25. The summed E-state index contributed by atoms with van der Waals surface area (Å²) in [6, 6.07) is 1.75. The normalized spacial score (nSPS) is 14.3. The molecular weight excluding hydrogens is 476 g/mol. The molecule has 1 aromatic carbocycles. The maximum atomic E-state index is 12.7. The van der Waals surface area contributed by atoms with Gasteiger partial charge in [-0.2, -0.15) is 0 Å². The summed E-state index contributed by atoms with van der Waals surface area (Å²) in [4.78, 5) is 63.0. The number of fused-ring (bicyclic) bond motifs is 1. The largest absolute Gasteiger partial charge is 0.480 e. The van der Waals surface area contributed by atoms with Gasteiger partial charge < -0.3 is 47.7 Å². The summed E-state index contributed by atoms with van der Waals surface area (Å²) in [6.07, 6.45) is 1.22. The van der Waals surface area contributed by atoms with Gasteiger partial charge in [-0.3, -0.25) is 19.2 Å². The third-order valence-corrected chi connectivity index (χ3v) is 5.38. The second-order valence-electron chi connectivity index (χ2n) is 8.06. The number of hydrogen-bond acceptors (Lipinski definition) is 8. The predicted octanol–water partition coefficient (Wildman–Crippen LogP) is -3.17. The molecule has 4 unspecified atom stereocenters. The molecule has 4 amide bonds. The lowest BCUT2D eigenvalue weighted by molar-refractivity contribution is -0.143. The number of carboxylic acid groups (broad SMARTS) is 1. The van der Waals surface area contributed by atoms with Gasteiger partial charge >= 0.3 is 5.97 Å². The zero-order valence-corrected chi connectivity index (χ0v) is 19.3. The number of H-pyrrole nitrogens is 1. The number of benzene rings is 1. The maximum Gasteiger partial charge on any atom is 0.328 e. The van der Waals surface area contributed by atoms with Crippen LogP contribution in [-0.4, -0.2) is 87.3 Å². The summed E-state index contributed by atoms with van der Waals surface area (Å²) < 4.78 is 0. The average molecular weight is 507 g/mol. The Balaban J connectivity index is 2.04. The highest BCUT2D eigenvalue weighted by Gasteiger charge is 2.30. The summed E-state index contributed by atoms with van der Waals surface area (Å²) in [7, 11) is 0. The molecule has 0 bridgehead atoms. The summed E-state index contributed by atoms with van der Waals surface area (Å²) in [5.74, 6) is -5.03. The lowest BCUT2D eigenvalue weighted by Gasteiger charge is -2.24. The Hall–Kier alpha value is -4.01. The first kappa shape index (κ1) is 28.2. The smallest absolute Gasteiger partial charge is 0.328 e. The molecule has 0 spiro atoms. The van der Waals surface area contributed by atoms with Crippen molar-refractivity contribution in [3.05, 3.63) is 36.0 Å². The molecule has 0 saturated carbocycles. The quantitative estimate of drug-likeness (QED) is 0.125. The molecule has 0 radical (unpaired) electrons. The number of aromatic amines is 1. The number of aliphatic hydroxyl groups excluding tert-OH is 2. The number of aliphatic hydroxyl groups is 2. The van der Waals surface area contributed by atoms with Gasteiger partial charge in [-0.15, -0.1) is 0 Å². The van der Waals surface area contributed by atoms with E-state index in [9.17, 15) is 29.1 Å². The van der Waals surface area contributed by atoms with E-state index in [4.69, 9.17) is 21.7 Å². The van der Waals surface area contributed by atoms with Crippen molar-refractivity contribution in [3.8, 4) is 0 Å². The Morgan fingerprint density at radius 3 is 2.08 bits per heavy atom. The van der Waals surface area contributed by atoms with E-state index in [0.29, 0.717) is 0 Å². The van der Waals surface area contributed by atoms with Crippen LogP contribution >= 0.6 is 0 Å². The van der Waals surface area contributed by atoms with Crippen LogP contribution in [0.2, 0.25) is 0 Å². The molecule has 0 saturated heterocycles. The third kappa shape index (κ3) is 7.76. The summed E-state index contributed by atoms with van der Waals surface area (Å²) >= 11 is 0. The molecule has 1 heterocycles. The minimum atomic E-state index is -1.65. The van der Waals surface area contributed by atoms with Crippen molar-refractivity contribution < 1.29 is 39.3 Å². The SMILES string of the molecule is NC(=O)CCC(NC(=O)C(CO)NC(=O)C(N)Cc1c[nH]c2ccccc12)C(=O)NC(CO)C(=O)O. The molecule has 0 fully saturated rings. The van der Waals surface area contributed by atoms with E-state index in [1.807, 2.05) is 29.6 Å². The van der Waals surface area contributed by atoms with Crippen molar-refractivity contribution in [2.45, 2.75) is 43.4 Å². The van der Waals surface area contributed by atoms with E-state index in [1.54, 1.807) is 6.20 Å². The van der Waals surface area contributed by atoms with Gasteiger partial charge in [0, 0.05) is 23.5 Å². The molecular formula is C22H30N6O8. The van der Waals surface area contributed by atoms with Gasteiger partial charge in [0.1, 0.15) is 18.1 Å². The Labute approximate surface area is 205 Å². The first-order chi connectivity index (χ1) is 17.1. The van der Waals surface area contributed by atoms with Gasteiger partial charge in [-0.05, 0) is 24.5 Å². The molecule has 36 heavy (non-hydrogen) atoms. The zero-order chi connectivity index (χ0) is 26.8. The number of hydrogen-bond donors (Lipinski definition) is 9. The van der Waals surface area contributed by atoms with Crippen molar-refractivity contribution in [1.82, 2.24) is 20.9 Å². The predicted molar refractivity (Wildman–Crippen MR) is 126 cm³/mol. The Morgan fingerprint density at radius 2 is 1.47 bits per heavy atom. The molecule has 0 aliphatic rings. The number of rotatable bonds is 14. The third-order valence-electron chi connectivity index (χ3n) is 5.38. The first-order valence-corrected chi connectivity index (χ1v) is 11.0. The number of carbonyl (C=O) groups excluding carboxylic acids is 4. The van der Waals surface area contributed by atoms with Gasteiger partial charge in [0.2, 0.25) is 23.6 Å². The van der Waals surface area contributed by atoms with E-state index in [-0.39, 0.29) is 19.3 Å². The van der Waals surface area contributed by atoms with Crippen LogP contribution in [-0.2, 0) is 30.4 Å².